The van der Waals surface area contributed by atoms with Gasteiger partial charge in [0.05, 0.1) is 18.2 Å². The van der Waals surface area contributed by atoms with E-state index in [-0.39, 0.29) is 0 Å². The van der Waals surface area contributed by atoms with Crippen molar-refractivity contribution in [2.45, 2.75) is 32.6 Å². The first kappa shape index (κ1) is 11.4. The Hall–Kier alpha value is -1.66. The molecule has 0 saturated carbocycles. The van der Waals surface area contributed by atoms with Gasteiger partial charge >= 0.3 is 0 Å². The van der Waals surface area contributed by atoms with E-state index in [1.54, 1.807) is 11.3 Å². The van der Waals surface area contributed by atoms with Crippen molar-refractivity contribution in [1.29, 1.82) is 5.26 Å². The highest BCUT2D eigenvalue weighted by Gasteiger charge is 2.14. The van der Waals surface area contributed by atoms with E-state index in [0.717, 1.165) is 15.6 Å². The van der Waals surface area contributed by atoms with Crippen LogP contribution >= 0.6 is 11.3 Å². The van der Waals surface area contributed by atoms with E-state index >= 15 is 0 Å². The van der Waals surface area contributed by atoms with E-state index in [9.17, 15) is 0 Å². The SMILES string of the molecule is Cc1nc(-c2ccc3c(c2)CCC3)sc1CC#N. The molecule has 0 aliphatic heterocycles. The van der Waals surface area contributed by atoms with Crippen molar-refractivity contribution in [2.75, 3.05) is 0 Å². The summed E-state index contributed by atoms with van der Waals surface area (Å²) < 4.78 is 0. The van der Waals surface area contributed by atoms with Crippen LogP contribution in [0.4, 0.5) is 0 Å². The molecular formula is C15H14N2S. The Morgan fingerprint density at radius 1 is 1.33 bits per heavy atom. The van der Waals surface area contributed by atoms with Gasteiger partial charge in [0, 0.05) is 10.4 Å². The number of hydrogen-bond acceptors (Lipinski definition) is 3. The van der Waals surface area contributed by atoms with Crippen molar-refractivity contribution >= 4 is 11.3 Å². The van der Waals surface area contributed by atoms with Crippen LogP contribution in [0.5, 0.6) is 0 Å². The van der Waals surface area contributed by atoms with Crippen molar-refractivity contribution in [3.05, 3.63) is 39.9 Å². The predicted molar refractivity (Wildman–Crippen MR) is 73.6 cm³/mol. The highest BCUT2D eigenvalue weighted by molar-refractivity contribution is 7.15. The van der Waals surface area contributed by atoms with Crippen LogP contribution in [-0.4, -0.2) is 4.98 Å². The fourth-order valence-corrected chi connectivity index (χ4v) is 3.48. The summed E-state index contributed by atoms with van der Waals surface area (Å²) >= 11 is 1.65. The molecule has 0 unspecified atom stereocenters. The Balaban J connectivity index is 2.00. The van der Waals surface area contributed by atoms with Crippen molar-refractivity contribution < 1.29 is 0 Å². The van der Waals surface area contributed by atoms with Crippen LogP contribution < -0.4 is 0 Å². The Kier molecular flexibility index (Phi) is 2.89. The number of aryl methyl sites for hydroxylation is 3. The van der Waals surface area contributed by atoms with E-state index < -0.39 is 0 Å². The number of thiazole rings is 1. The van der Waals surface area contributed by atoms with Gasteiger partial charge in [-0.05, 0) is 43.4 Å². The molecule has 1 aliphatic rings. The topological polar surface area (TPSA) is 36.7 Å². The fourth-order valence-electron chi connectivity index (χ4n) is 2.49. The standard InChI is InChI=1S/C15H14N2S/c1-10-14(7-8-16)18-15(17-10)13-6-5-11-3-2-4-12(11)9-13/h5-6,9H,2-4,7H2,1H3. The van der Waals surface area contributed by atoms with Gasteiger partial charge in [-0.1, -0.05) is 12.1 Å². The maximum absolute atomic E-state index is 8.78. The van der Waals surface area contributed by atoms with Crippen LogP contribution in [0.25, 0.3) is 10.6 Å². The van der Waals surface area contributed by atoms with Crippen LogP contribution in [0.15, 0.2) is 18.2 Å². The molecule has 1 heterocycles. The zero-order valence-corrected chi connectivity index (χ0v) is 11.2. The number of fused-ring (bicyclic) bond motifs is 1. The minimum Gasteiger partial charge on any atom is -0.241 e. The first-order valence-corrected chi connectivity index (χ1v) is 7.05. The van der Waals surface area contributed by atoms with E-state index in [1.165, 1.54) is 36.0 Å². The second-order valence-corrected chi connectivity index (χ2v) is 5.78. The number of hydrogen-bond donors (Lipinski definition) is 0. The second kappa shape index (κ2) is 4.55. The summed E-state index contributed by atoms with van der Waals surface area (Å²) in [5.41, 5.74) is 5.16. The third kappa shape index (κ3) is 1.93. The minimum atomic E-state index is 0.467. The first-order valence-electron chi connectivity index (χ1n) is 6.23. The molecule has 3 rings (SSSR count). The van der Waals surface area contributed by atoms with Crippen molar-refractivity contribution in [1.82, 2.24) is 4.98 Å². The number of nitrogens with zero attached hydrogens (tertiary/aromatic N) is 2. The Morgan fingerprint density at radius 2 is 2.17 bits per heavy atom. The molecule has 18 heavy (non-hydrogen) atoms. The lowest BCUT2D eigenvalue weighted by molar-refractivity contribution is 0.912. The molecule has 3 heteroatoms. The highest BCUT2D eigenvalue weighted by atomic mass is 32.1. The molecule has 1 aromatic carbocycles. The van der Waals surface area contributed by atoms with Gasteiger partial charge in [0.25, 0.3) is 0 Å². The smallest absolute Gasteiger partial charge is 0.123 e. The van der Waals surface area contributed by atoms with Crippen molar-refractivity contribution in [2.24, 2.45) is 0 Å². The summed E-state index contributed by atoms with van der Waals surface area (Å²) in [5.74, 6) is 0. The number of rotatable bonds is 2. The van der Waals surface area contributed by atoms with Crippen LogP contribution in [0.3, 0.4) is 0 Å². The number of benzene rings is 1. The normalized spacial score (nSPS) is 13.3. The maximum atomic E-state index is 8.78. The lowest BCUT2D eigenvalue weighted by atomic mass is 10.1. The third-order valence-corrected chi connectivity index (χ3v) is 4.68. The summed E-state index contributed by atoms with van der Waals surface area (Å²) in [5, 5.41) is 9.83. The summed E-state index contributed by atoms with van der Waals surface area (Å²) in [6, 6.07) is 8.88. The zero-order valence-electron chi connectivity index (χ0n) is 10.4. The summed E-state index contributed by atoms with van der Waals surface area (Å²) in [6.07, 6.45) is 4.15. The molecule has 1 aromatic heterocycles. The van der Waals surface area contributed by atoms with Gasteiger partial charge in [-0.2, -0.15) is 5.26 Å². The van der Waals surface area contributed by atoms with Crippen LogP contribution in [-0.2, 0) is 19.3 Å². The molecule has 90 valence electrons. The van der Waals surface area contributed by atoms with Crippen molar-refractivity contribution in [3.8, 4) is 16.6 Å². The van der Waals surface area contributed by atoms with Gasteiger partial charge in [0.2, 0.25) is 0 Å². The highest BCUT2D eigenvalue weighted by Crippen LogP contribution is 2.31. The molecule has 0 spiro atoms. The second-order valence-electron chi connectivity index (χ2n) is 4.70. The molecule has 0 bridgehead atoms. The summed E-state index contributed by atoms with van der Waals surface area (Å²) in [4.78, 5) is 5.68. The summed E-state index contributed by atoms with van der Waals surface area (Å²) in [7, 11) is 0. The number of aromatic nitrogens is 1. The van der Waals surface area contributed by atoms with E-state index in [2.05, 4.69) is 29.3 Å². The molecule has 0 amide bonds. The lowest BCUT2D eigenvalue weighted by Crippen LogP contribution is -1.84. The van der Waals surface area contributed by atoms with Crippen molar-refractivity contribution in [3.63, 3.8) is 0 Å². The van der Waals surface area contributed by atoms with Gasteiger partial charge in [-0.3, -0.25) is 0 Å². The lowest BCUT2D eigenvalue weighted by Gasteiger charge is -2.01. The molecule has 0 N–H and O–H groups in total. The first-order chi connectivity index (χ1) is 8.78. The molecule has 0 fully saturated rings. The Morgan fingerprint density at radius 3 is 3.00 bits per heavy atom. The average Bonchev–Trinajstić information content (AvgIpc) is 2.96. The molecule has 0 radical (unpaired) electrons. The van der Waals surface area contributed by atoms with Crippen LogP contribution in [0.2, 0.25) is 0 Å². The van der Waals surface area contributed by atoms with E-state index in [0.29, 0.717) is 6.42 Å². The predicted octanol–water partition coefficient (Wildman–Crippen LogP) is 3.67. The monoisotopic (exact) mass is 254 g/mol. The molecule has 0 saturated heterocycles. The maximum Gasteiger partial charge on any atom is 0.123 e. The number of nitriles is 1. The van der Waals surface area contributed by atoms with Crippen LogP contribution in [0.1, 0.15) is 28.1 Å². The van der Waals surface area contributed by atoms with Gasteiger partial charge < -0.3 is 0 Å². The van der Waals surface area contributed by atoms with Crippen LogP contribution in [0, 0.1) is 18.3 Å². The minimum absolute atomic E-state index is 0.467. The van der Waals surface area contributed by atoms with E-state index in [1.807, 2.05) is 6.92 Å². The van der Waals surface area contributed by atoms with Gasteiger partial charge in [-0.15, -0.1) is 11.3 Å². The zero-order chi connectivity index (χ0) is 12.5. The quantitative estimate of drug-likeness (QED) is 0.819. The van der Waals surface area contributed by atoms with Gasteiger partial charge in [-0.25, -0.2) is 4.98 Å². The average molecular weight is 254 g/mol. The molecule has 2 aromatic rings. The molecular weight excluding hydrogens is 240 g/mol. The molecule has 0 atom stereocenters. The summed E-state index contributed by atoms with van der Waals surface area (Å²) in [6.45, 7) is 1.99. The third-order valence-electron chi connectivity index (χ3n) is 3.48. The van der Waals surface area contributed by atoms with Gasteiger partial charge in [0.1, 0.15) is 5.01 Å². The molecule has 2 nitrogen and oxygen atoms in total. The largest absolute Gasteiger partial charge is 0.241 e. The Labute approximate surface area is 111 Å². The van der Waals surface area contributed by atoms with Gasteiger partial charge in [0.15, 0.2) is 0 Å². The van der Waals surface area contributed by atoms with E-state index in [4.69, 9.17) is 5.26 Å². The Bertz CT molecular complexity index is 634. The molecule has 1 aliphatic carbocycles. The fraction of sp³-hybridized carbons (Fsp3) is 0.333.